The first-order valence-corrected chi connectivity index (χ1v) is 8.50. The van der Waals surface area contributed by atoms with E-state index in [0.29, 0.717) is 0 Å². The normalized spacial score (nSPS) is 28.0. The Kier molecular flexibility index (Phi) is 5.69. The first-order chi connectivity index (χ1) is 13.2. The zero-order valence-electron chi connectivity index (χ0n) is 14.7. The largest absolute Gasteiger partial charge is 0.468 e. The van der Waals surface area contributed by atoms with Gasteiger partial charge in [-0.05, 0) is 13.0 Å². The van der Waals surface area contributed by atoms with Crippen LogP contribution >= 0.6 is 0 Å². The van der Waals surface area contributed by atoms with Gasteiger partial charge in [0.15, 0.2) is 18.0 Å². The van der Waals surface area contributed by atoms with Crippen LogP contribution in [0.1, 0.15) is 23.0 Å². The molecule has 1 aliphatic rings. The molecular weight excluding hydrogens is 379 g/mol. The van der Waals surface area contributed by atoms with Crippen molar-refractivity contribution >= 4 is 5.78 Å². The molecule has 0 amide bonds. The van der Waals surface area contributed by atoms with Crippen molar-refractivity contribution in [2.45, 2.75) is 43.6 Å². The molecule has 1 fully saturated rings. The summed E-state index contributed by atoms with van der Waals surface area (Å²) in [6.45, 7) is 1.47. The summed E-state index contributed by atoms with van der Waals surface area (Å²) in [5.41, 5.74) is -0.912. The molecule has 0 unspecified atom stereocenters. The van der Waals surface area contributed by atoms with Crippen molar-refractivity contribution in [2.75, 3.05) is 0 Å². The van der Waals surface area contributed by atoms with Crippen LogP contribution in [-0.2, 0) is 10.9 Å². The van der Waals surface area contributed by atoms with Crippen molar-refractivity contribution in [3.63, 3.8) is 0 Å². The van der Waals surface area contributed by atoms with E-state index in [9.17, 15) is 28.2 Å². The third-order valence-corrected chi connectivity index (χ3v) is 4.41. The highest BCUT2D eigenvalue weighted by atomic mass is 19.4. The van der Waals surface area contributed by atoms with Crippen LogP contribution in [0.2, 0.25) is 0 Å². The lowest BCUT2D eigenvalue weighted by Crippen LogP contribution is -2.61. The Morgan fingerprint density at radius 1 is 1.07 bits per heavy atom. The van der Waals surface area contributed by atoms with E-state index in [1.54, 1.807) is 18.2 Å². The van der Waals surface area contributed by atoms with Gasteiger partial charge in [-0.2, -0.15) is 13.2 Å². The Morgan fingerprint density at radius 2 is 1.75 bits per heavy atom. The summed E-state index contributed by atoms with van der Waals surface area (Å²) in [5.74, 6) is -0.981. The van der Waals surface area contributed by atoms with E-state index in [1.165, 1.54) is 19.1 Å². The van der Waals surface area contributed by atoms with E-state index in [1.807, 2.05) is 0 Å². The number of ketones is 1. The predicted molar refractivity (Wildman–Crippen MR) is 90.8 cm³/mol. The summed E-state index contributed by atoms with van der Waals surface area (Å²) in [6, 6.07) is 11.1. The number of aliphatic hydroxyl groups excluding tert-OH is 2. The lowest BCUT2D eigenvalue weighted by molar-refractivity contribution is -0.196. The van der Waals surface area contributed by atoms with Gasteiger partial charge in [-0.15, -0.1) is 0 Å². The second kappa shape index (κ2) is 7.86. The number of hydrogen-bond acceptors (Lipinski definition) is 6. The Hall–Kier alpha value is -2.49. The Bertz CT molecular complexity index is 830. The van der Waals surface area contributed by atoms with E-state index in [4.69, 9.17) is 9.47 Å². The van der Waals surface area contributed by atoms with Crippen LogP contribution in [0, 0.1) is 0 Å². The quantitative estimate of drug-likeness (QED) is 0.770. The molecule has 1 aromatic carbocycles. The van der Waals surface area contributed by atoms with Gasteiger partial charge in [0, 0.05) is 11.6 Å². The summed E-state index contributed by atoms with van der Waals surface area (Å²) in [7, 11) is 0. The topological polar surface area (TPSA) is 88.9 Å². The van der Waals surface area contributed by atoms with Crippen LogP contribution in [0.25, 0.3) is 0 Å². The number of Topliss-reactive ketones (excluding diaryl/α,β-unsaturated/α-hetero) is 1. The first kappa shape index (κ1) is 20.2. The van der Waals surface area contributed by atoms with Crippen LogP contribution in [0.15, 0.2) is 48.5 Å². The molecule has 9 heteroatoms. The number of carbonyl (C=O) groups is 1. The summed E-state index contributed by atoms with van der Waals surface area (Å²) in [6.07, 6.45) is -11.3. The highest BCUT2D eigenvalue weighted by Crippen LogP contribution is 2.31. The lowest BCUT2D eigenvalue weighted by atomic mass is 9.91. The Morgan fingerprint density at radius 3 is 2.39 bits per heavy atom. The SMILES string of the molecule is C[C@H]1O[C@H](C(=O)c2ccccc2)[C@H](Oc2cccc(C(F)(F)F)n2)[C@@H](O)[C@H]1O. The van der Waals surface area contributed by atoms with Crippen molar-refractivity contribution in [3.8, 4) is 5.88 Å². The van der Waals surface area contributed by atoms with Gasteiger partial charge >= 0.3 is 6.18 Å². The van der Waals surface area contributed by atoms with Gasteiger partial charge in [0.1, 0.15) is 17.9 Å². The minimum absolute atomic E-state index is 0.272. The number of nitrogens with zero attached hydrogens (tertiary/aromatic N) is 1. The van der Waals surface area contributed by atoms with Crippen LogP contribution in [0.3, 0.4) is 0 Å². The molecule has 1 saturated heterocycles. The average molecular weight is 397 g/mol. The Balaban J connectivity index is 1.91. The molecule has 1 aromatic heterocycles. The fourth-order valence-corrected chi connectivity index (χ4v) is 2.93. The number of hydrogen-bond donors (Lipinski definition) is 2. The number of pyridine rings is 1. The predicted octanol–water partition coefficient (Wildman–Crippen LogP) is 2.24. The second-order valence-electron chi connectivity index (χ2n) is 6.41. The van der Waals surface area contributed by atoms with Gasteiger partial charge in [-0.3, -0.25) is 4.79 Å². The molecule has 0 radical (unpaired) electrons. The molecule has 5 atom stereocenters. The number of alkyl halides is 3. The van der Waals surface area contributed by atoms with Crippen molar-refractivity contribution in [1.29, 1.82) is 0 Å². The maximum absolute atomic E-state index is 12.9. The molecule has 6 nitrogen and oxygen atoms in total. The molecule has 0 spiro atoms. The summed E-state index contributed by atoms with van der Waals surface area (Å²) >= 11 is 0. The third kappa shape index (κ3) is 4.16. The maximum atomic E-state index is 12.9. The lowest BCUT2D eigenvalue weighted by Gasteiger charge is -2.40. The van der Waals surface area contributed by atoms with Crippen molar-refractivity contribution in [1.82, 2.24) is 4.98 Å². The van der Waals surface area contributed by atoms with E-state index in [0.717, 1.165) is 18.2 Å². The number of halogens is 3. The highest BCUT2D eigenvalue weighted by molar-refractivity contribution is 6.00. The Labute approximate surface area is 158 Å². The van der Waals surface area contributed by atoms with Gasteiger partial charge in [-0.25, -0.2) is 4.98 Å². The summed E-state index contributed by atoms with van der Waals surface area (Å²) < 4.78 is 49.6. The molecule has 2 aromatic rings. The molecule has 2 N–H and O–H groups in total. The van der Waals surface area contributed by atoms with Gasteiger partial charge in [0.2, 0.25) is 5.88 Å². The smallest absolute Gasteiger partial charge is 0.433 e. The standard InChI is InChI=1S/C19H18F3NO5/c1-10-14(24)16(26)18(17(27-10)15(25)11-6-3-2-4-7-11)28-13-9-5-8-12(23-13)19(20,21)22/h2-10,14,16-18,24,26H,1H3/t10-,14+,16+,17-,18-/m1/s1. The number of rotatable bonds is 4. The molecule has 0 bridgehead atoms. The number of aromatic nitrogens is 1. The average Bonchev–Trinajstić information content (AvgIpc) is 2.68. The van der Waals surface area contributed by atoms with Crippen LogP contribution < -0.4 is 4.74 Å². The molecule has 3 rings (SSSR count). The number of carbonyl (C=O) groups excluding carboxylic acids is 1. The van der Waals surface area contributed by atoms with Crippen LogP contribution in [-0.4, -0.2) is 51.5 Å². The van der Waals surface area contributed by atoms with E-state index in [-0.39, 0.29) is 5.56 Å². The van der Waals surface area contributed by atoms with Crippen molar-refractivity contribution in [3.05, 3.63) is 59.8 Å². The zero-order chi connectivity index (χ0) is 20.5. The van der Waals surface area contributed by atoms with E-state index in [2.05, 4.69) is 4.98 Å². The van der Waals surface area contributed by atoms with E-state index >= 15 is 0 Å². The molecule has 2 heterocycles. The highest BCUT2D eigenvalue weighted by Gasteiger charge is 2.48. The molecule has 0 saturated carbocycles. The molecule has 0 aliphatic carbocycles. The van der Waals surface area contributed by atoms with Crippen molar-refractivity contribution < 1.29 is 37.7 Å². The molecular formula is C19H18F3NO5. The minimum Gasteiger partial charge on any atom is -0.468 e. The van der Waals surface area contributed by atoms with E-state index < -0.39 is 54.1 Å². The minimum atomic E-state index is -4.69. The monoisotopic (exact) mass is 397 g/mol. The summed E-state index contributed by atoms with van der Waals surface area (Å²) in [4.78, 5) is 16.2. The maximum Gasteiger partial charge on any atom is 0.433 e. The van der Waals surface area contributed by atoms with Gasteiger partial charge in [-0.1, -0.05) is 36.4 Å². The molecule has 1 aliphatic heterocycles. The van der Waals surface area contributed by atoms with Crippen molar-refractivity contribution in [2.24, 2.45) is 0 Å². The summed E-state index contributed by atoms with van der Waals surface area (Å²) in [5, 5.41) is 20.5. The number of aliphatic hydroxyl groups is 2. The first-order valence-electron chi connectivity index (χ1n) is 8.50. The van der Waals surface area contributed by atoms with Crippen LogP contribution in [0.5, 0.6) is 5.88 Å². The van der Waals surface area contributed by atoms with Gasteiger partial charge in [0.25, 0.3) is 0 Å². The zero-order valence-corrected chi connectivity index (χ0v) is 14.7. The number of ether oxygens (including phenoxy) is 2. The molecule has 28 heavy (non-hydrogen) atoms. The third-order valence-electron chi connectivity index (χ3n) is 4.41. The van der Waals surface area contributed by atoms with Gasteiger partial charge < -0.3 is 19.7 Å². The fourth-order valence-electron chi connectivity index (χ4n) is 2.93. The fraction of sp³-hybridized carbons (Fsp3) is 0.368. The second-order valence-corrected chi connectivity index (χ2v) is 6.41. The van der Waals surface area contributed by atoms with Gasteiger partial charge in [0.05, 0.1) is 6.10 Å². The van der Waals surface area contributed by atoms with Crippen LogP contribution in [0.4, 0.5) is 13.2 Å². The molecule has 150 valence electrons. The number of benzene rings is 1.